The Hall–Kier alpha value is -2.88. The molecule has 0 amide bonds. The third kappa shape index (κ3) is 4.36. The van der Waals surface area contributed by atoms with Gasteiger partial charge in [-0.25, -0.2) is 13.4 Å². The van der Waals surface area contributed by atoms with Crippen molar-refractivity contribution in [2.45, 2.75) is 4.21 Å². The number of hydrogen-bond acceptors (Lipinski definition) is 7. The first-order valence-electron chi connectivity index (χ1n) is 10.3. The highest BCUT2D eigenvalue weighted by atomic mass is 32.2. The van der Waals surface area contributed by atoms with Crippen LogP contribution in [0.4, 0.5) is 16.5 Å². The normalized spacial score (nSPS) is 14.5. The van der Waals surface area contributed by atoms with E-state index in [1.165, 1.54) is 11.3 Å². The average Bonchev–Trinajstić information content (AvgIpc) is 3.53. The number of anilines is 3. The molecule has 1 saturated heterocycles. The fourth-order valence-electron chi connectivity index (χ4n) is 3.74. The molecule has 0 radical (unpaired) electrons. The van der Waals surface area contributed by atoms with Crippen LogP contribution in [-0.4, -0.2) is 39.6 Å². The summed E-state index contributed by atoms with van der Waals surface area (Å²) in [4.78, 5) is 9.36. The number of thiophene rings is 1. The predicted molar refractivity (Wildman–Crippen MR) is 134 cm³/mol. The van der Waals surface area contributed by atoms with Crippen LogP contribution in [0.5, 0.6) is 0 Å². The van der Waals surface area contributed by atoms with Gasteiger partial charge in [0.25, 0.3) is 10.0 Å². The Bertz CT molecular complexity index is 1280. The Morgan fingerprint density at radius 1 is 0.812 bits per heavy atom. The number of nitrogens with one attached hydrogen (secondary N) is 1. The van der Waals surface area contributed by atoms with E-state index in [0.29, 0.717) is 9.90 Å². The Labute approximate surface area is 195 Å². The van der Waals surface area contributed by atoms with Crippen molar-refractivity contribution >= 4 is 49.2 Å². The molecule has 5 rings (SSSR count). The first-order chi connectivity index (χ1) is 15.6. The highest BCUT2D eigenvalue weighted by Crippen LogP contribution is 2.32. The largest absolute Gasteiger partial charge is 0.366 e. The molecule has 0 saturated carbocycles. The summed E-state index contributed by atoms with van der Waals surface area (Å²) >= 11 is 2.88. The molecule has 0 aliphatic carbocycles. The van der Waals surface area contributed by atoms with Gasteiger partial charge in [0.15, 0.2) is 5.13 Å². The number of rotatable bonds is 6. The molecule has 1 aliphatic heterocycles. The summed E-state index contributed by atoms with van der Waals surface area (Å²) in [6.07, 6.45) is 0. The number of hydrogen-bond donors (Lipinski definition) is 1. The van der Waals surface area contributed by atoms with Crippen LogP contribution >= 0.6 is 22.7 Å². The molecule has 3 heterocycles. The molecule has 4 aromatic rings. The second kappa shape index (κ2) is 8.93. The molecule has 32 heavy (non-hydrogen) atoms. The third-order valence-electron chi connectivity index (χ3n) is 5.36. The molecule has 164 valence electrons. The zero-order valence-electron chi connectivity index (χ0n) is 17.2. The second-order valence-corrected chi connectivity index (χ2v) is 11.1. The van der Waals surface area contributed by atoms with Gasteiger partial charge in [-0.05, 0) is 23.6 Å². The average molecular weight is 483 g/mol. The van der Waals surface area contributed by atoms with Crippen molar-refractivity contribution < 1.29 is 8.42 Å². The molecule has 6 nitrogen and oxygen atoms in total. The molecule has 1 N–H and O–H groups in total. The number of piperazine rings is 1. The Kier molecular flexibility index (Phi) is 5.86. The van der Waals surface area contributed by atoms with Crippen LogP contribution in [0.25, 0.3) is 11.3 Å². The zero-order chi connectivity index (χ0) is 22.0. The van der Waals surface area contributed by atoms with Crippen LogP contribution in [0.2, 0.25) is 0 Å². The fourth-order valence-corrected chi connectivity index (χ4v) is 6.69. The van der Waals surface area contributed by atoms with Crippen molar-refractivity contribution in [3.8, 4) is 11.3 Å². The summed E-state index contributed by atoms with van der Waals surface area (Å²) in [5, 5.41) is 4.89. The quantitative estimate of drug-likeness (QED) is 0.419. The van der Waals surface area contributed by atoms with Crippen molar-refractivity contribution in [3.05, 3.63) is 77.5 Å². The van der Waals surface area contributed by atoms with Gasteiger partial charge in [-0.15, -0.1) is 22.7 Å². The van der Waals surface area contributed by atoms with Crippen LogP contribution in [0.1, 0.15) is 0 Å². The Morgan fingerprint density at radius 2 is 1.53 bits per heavy atom. The molecule has 0 bridgehead atoms. The van der Waals surface area contributed by atoms with Gasteiger partial charge in [0.2, 0.25) is 0 Å². The van der Waals surface area contributed by atoms with E-state index in [4.69, 9.17) is 4.98 Å². The van der Waals surface area contributed by atoms with E-state index < -0.39 is 10.0 Å². The van der Waals surface area contributed by atoms with Crippen LogP contribution < -0.4 is 14.5 Å². The molecule has 9 heteroatoms. The van der Waals surface area contributed by atoms with Crippen LogP contribution in [0, 0.1) is 0 Å². The summed E-state index contributed by atoms with van der Waals surface area (Å²) in [5.41, 5.74) is 3.63. The van der Waals surface area contributed by atoms with Crippen LogP contribution in [0.3, 0.4) is 0 Å². The van der Waals surface area contributed by atoms with Gasteiger partial charge in [0.05, 0.1) is 17.1 Å². The maximum atomic E-state index is 12.7. The lowest BCUT2D eigenvalue weighted by molar-refractivity contribution is 0.603. The Balaban J connectivity index is 1.29. The maximum absolute atomic E-state index is 12.7. The number of benzene rings is 2. The summed E-state index contributed by atoms with van der Waals surface area (Å²) < 4.78 is 28.5. The van der Waals surface area contributed by atoms with Crippen LogP contribution in [-0.2, 0) is 10.0 Å². The second-order valence-electron chi connectivity index (χ2n) is 7.41. The highest BCUT2D eigenvalue weighted by molar-refractivity contribution is 7.94. The first kappa shape index (κ1) is 21.0. The summed E-state index contributed by atoms with van der Waals surface area (Å²) in [6.45, 7) is 3.23. The lowest BCUT2D eigenvalue weighted by Crippen LogP contribution is -2.46. The van der Waals surface area contributed by atoms with E-state index in [2.05, 4.69) is 32.0 Å². The minimum Gasteiger partial charge on any atom is -0.366 e. The van der Waals surface area contributed by atoms with Crippen molar-refractivity contribution in [3.63, 3.8) is 0 Å². The molecular formula is C23H22N4O2S3. The SMILES string of the molecule is O=S(=O)(Nc1ccccc1N1CCN(c2nc(-c3ccccc3)cs2)CC1)c1cccs1. The third-order valence-corrected chi connectivity index (χ3v) is 9.03. The number of sulfonamides is 1. The van der Waals surface area contributed by atoms with Gasteiger partial charge in [0.1, 0.15) is 4.21 Å². The van der Waals surface area contributed by atoms with Crippen LogP contribution in [0.15, 0.2) is 81.7 Å². The van der Waals surface area contributed by atoms with E-state index in [9.17, 15) is 8.42 Å². The fraction of sp³-hybridized carbons (Fsp3) is 0.174. The lowest BCUT2D eigenvalue weighted by Gasteiger charge is -2.36. The molecule has 0 atom stereocenters. The molecular weight excluding hydrogens is 460 g/mol. The summed E-state index contributed by atoms with van der Waals surface area (Å²) in [6, 6.07) is 21.2. The highest BCUT2D eigenvalue weighted by Gasteiger charge is 2.23. The van der Waals surface area contributed by atoms with Gasteiger partial charge in [-0.3, -0.25) is 4.72 Å². The zero-order valence-corrected chi connectivity index (χ0v) is 19.7. The number of para-hydroxylation sites is 2. The Morgan fingerprint density at radius 3 is 2.28 bits per heavy atom. The maximum Gasteiger partial charge on any atom is 0.271 e. The summed E-state index contributed by atoms with van der Waals surface area (Å²) in [5.74, 6) is 0. The molecule has 1 aliphatic rings. The van der Waals surface area contributed by atoms with Crippen molar-refractivity contribution in [2.75, 3.05) is 40.7 Å². The molecule has 1 fully saturated rings. The van der Waals surface area contributed by atoms with E-state index in [1.807, 2.05) is 42.5 Å². The smallest absolute Gasteiger partial charge is 0.271 e. The van der Waals surface area contributed by atoms with Crippen molar-refractivity contribution in [1.29, 1.82) is 0 Å². The van der Waals surface area contributed by atoms with Gasteiger partial charge in [0, 0.05) is 37.1 Å². The van der Waals surface area contributed by atoms with Gasteiger partial charge in [-0.2, -0.15) is 0 Å². The van der Waals surface area contributed by atoms with E-state index in [0.717, 1.165) is 48.3 Å². The first-order valence-corrected chi connectivity index (χ1v) is 13.5. The van der Waals surface area contributed by atoms with Gasteiger partial charge >= 0.3 is 0 Å². The van der Waals surface area contributed by atoms with Gasteiger partial charge < -0.3 is 9.80 Å². The minimum absolute atomic E-state index is 0.315. The van der Waals surface area contributed by atoms with E-state index in [-0.39, 0.29) is 0 Å². The molecule has 2 aromatic carbocycles. The van der Waals surface area contributed by atoms with E-state index in [1.54, 1.807) is 28.8 Å². The number of thiazole rings is 1. The monoisotopic (exact) mass is 482 g/mol. The number of aromatic nitrogens is 1. The lowest BCUT2D eigenvalue weighted by atomic mass is 10.2. The molecule has 0 unspecified atom stereocenters. The molecule has 2 aromatic heterocycles. The van der Waals surface area contributed by atoms with Gasteiger partial charge in [-0.1, -0.05) is 48.5 Å². The van der Waals surface area contributed by atoms with E-state index >= 15 is 0 Å². The standard InChI is InChI=1S/C23H22N4O2S3/c28-32(29,22-11-6-16-30-22)25-19-9-4-5-10-21(19)26-12-14-27(15-13-26)23-24-20(17-31-23)18-7-2-1-3-8-18/h1-11,16-17,25H,12-15H2. The number of nitrogens with zero attached hydrogens (tertiary/aromatic N) is 3. The summed E-state index contributed by atoms with van der Waals surface area (Å²) in [7, 11) is -3.59. The van der Waals surface area contributed by atoms with Crippen molar-refractivity contribution in [1.82, 2.24) is 4.98 Å². The topological polar surface area (TPSA) is 65.5 Å². The minimum atomic E-state index is -3.59. The molecule has 0 spiro atoms. The predicted octanol–water partition coefficient (Wildman–Crippen LogP) is 5.00. The van der Waals surface area contributed by atoms with Crippen molar-refractivity contribution in [2.24, 2.45) is 0 Å².